The highest BCUT2D eigenvalue weighted by Crippen LogP contribution is 2.40. The van der Waals surface area contributed by atoms with Gasteiger partial charge in [-0.25, -0.2) is 0 Å². The summed E-state index contributed by atoms with van der Waals surface area (Å²) in [6.45, 7) is 0. The van der Waals surface area contributed by atoms with Crippen LogP contribution in [0.3, 0.4) is 0 Å². The molecule has 6 heteroatoms. The first-order chi connectivity index (χ1) is 11.6. The first-order valence-electron chi connectivity index (χ1n) is 7.27. The van der Waals surface area contributed by atoms with E-state index in [-0.39, 0.29) is 5.30 Å². The van der Waals surface area contributed by atoms with E-state index in [1.807, 2.05) is 36.4 Å². The molecule has 0 saturated carbocycles. The third kappa shape index (κ3) is 3.66. The molecular formula is C18H15N2O3P. The van der Waals surface area contributed by atoms with Crippen LogP contribution in [-0.2, 0) is 4.57 Å². The smallest absolute Gasteiger partial charge is 0.321 e. The van der Waals surface area contributed by atoms with Crippen molar-refractivity contribution in [2.45, 2.75) is 0 Å². The van der Waals surface area contributed by atoms with Crippen LogP contribution < -0.4 is 5.30 Å². The Morgan fingerprint density at radius 1 is 0.667 bits per heavy atom. The lowest BCUT2D eigenvalue weighted by Gasteiger charge is -2.12. The minimum atomic E-state index is -4.39. The molecule has 5 nitrogen and oxygen atoms in total. The molecule has 0 fully saturated rings. The largest absolute Gasteiger partial charge is 0.356 e. The first kappa shape index (κ1) is 16.3. The molecule has 0 radical (unpaired) electrons. The van der Waals surface area contributed by atoms with Gasteiger partial charge in [-0.05, 0) is 29.8 Å². The molecule has 0 atom stereocenters. The van der Waals surface area contributed by atoms with E-state index in [2.05, 4.69) is 10.2 Å². The number of nitrogens with zero attached hydrogens (tertiary/aromatic N) is 2. The molecule has 0 heterocycles. The summed E-state index contributed by atoms with van der Waals surface area (Å²) >= 11 is 0. The molecule has 0 unspecified atom stereocenters. The van der Waals surface area contributed by atoms with E-state index in [1.165, 1.54) is 6.07 Å². The van der Waals surface area contributed by atoms with Crippen molar-refractivity contribution in [1.82, 2.24) is 0 Å². The predicted octanol–water partition coefficient (Wildman–Crippen LogP) is 4.57. The van der Waals surface area contributed by atoms with Crippen molar-refractivity contribution in [3.8, 4) is 11.1 Å². The predicted molar refractivity (Wildman–Crippen MR) is 94.2 cm³/mol. The van der Waals surface area contributed by atoms with Crippen LogP contribution in [0.15, 0.2) is 89.1 Å². The van der Waals surface area contributed by atoms with Crippen molar-refractivity contribution in [1.29, 1.82) is 0 Å². The maximum Gasteiger partial charge on any atom is 0.356 e. The SMILES string of the molecule is O=P(O)(O)c1ccccc1-c1ccccc1N=Nc1ccccc1. The van der Waals surface area contributed by atoms with Crippen molar-refractivity contribution < 1.29 is 14.4 Å². The standard InChI is InChI=1S/C18H15N2O3P/c21-24(22,23)18-13-7-5-11-16(18)15-10-4-6-12-17(15)20-19-14-8-2-1-3-9-14/h1-13H,(H2,21,22,23). The second kappa shape index (κ2) is 6.89. The van der Waals surface area contributed by atoms with Crippen LogP contribution in [0.2, 0.25) is 0 Å². The quantitative estimate of drug-likeness (QED) is 0.540. The van der Waals surface area contributed by atoms with Crippen molar-refractivity contribution in [3.63, 3.8) is 0 Å². The van der Waals surface area contributed by atoms with E-state index < -0.39 is 7.60 Å². The summed E-state index contributed by atoms with van der Waals surface area (Å²) in [5, 5.41) is 8.41. The molecule has 0 saturated heterocycles. The Morgan fingerprint density at radius 2 is 1.25 bits per heavy atom. The lowest BCUT2D eigenvalue weighted by Crippen LogP contribution is -2.07. The molecule has 0 aliphatic carbocycles. The number of benzene rings is 3. The average Bonchev–Trinajstić information content (AvgIpc) is 2.60. The summed E-state index contributed by atoms with van der Waals surface area (Å²) in [6.07, 6.45) is 0. The maximum absolute atomic E-state index is 11.8. The average molecular weight is 338 g/mol. The monoisotopic (exact) mass is 338 g/mol. The minimum Gasteiger partial charge on any atom is -0.321 e. The highest BCUT2D eigenvalue weighted by molar-refractivity contribution is 7.60. The molecule has 2 N–H and O–H groups in total. The zero-order valence-corrected chi connectivity index (χ0v) is 13.5. The zero-order chi connectivity index (χ0) is 17.0. The van der Waals surface area contributed by atoms with E-state index in [1.54, 1.807) is 36.4 Å². The Morgan fingerprint density at radius 3 is 1.96 bits per heavy atom. The van der Waals surface area contributed by atoms with Crippen LogP contribution in [0.1, 0.15) is 0 Å². The van der Waals surface area contributed by atoms with Crippen molar-refractivity contribution >= 4 is 24.3 Å². The van der Waals surface area contributed by atoms with Gasteiger partial charge in [-0.3, -0.25) is 4.57 Å². The van der Waals surface area contributed by atoms with Crippen LogP contribution in [0.5, 0.6) is 0 Å². The molecule has 3 aromatic carbocycles. The highest BCUT2D eigenvalue weighted by Gasteiger charge is 2.22. The Balaban J connectivity index is 2.09. The third-order valence-electron chi connectivity index (χ3n) is 3.44. The van der Waals surface area contributed by atoms with Gasteiger partial charge in [0, 0.05) is 5.56 Å². The van der Waals surface area contributed by atoms with Gasteiger partial charge in [-0.2, -0.15) is 5.11 Å². The molecule has 24 heavy (non-hydrogen) atoms. The van der Waals surface area contributed by atoms with E-state index in [0.717, 1.165) is 0 Å². The Bertz CT molecular complexity index is 920. The third-order valence-corrected chi connectivity index (χ3v) is 4.46. The van der Waals surface area contributed by atoms with Crippen LogP contribution in [0.4, 0.5) is 11.4 Å². The van der Waals surface area contributed by atoms with Gasteiger partial charge >= 0.3 is 7.60 Å². The van der Waals surface area contributed by atoms with Gasteiger partial charge < -0.3 is 9.79 Å². The fourth-order valence-electron chi connectivity index (χ4n) is 2.35. The Hall–Kier alpha value is -2.59. The highest BCUT2D eigenvalue weighted by atomic mass is 31.2. The van der Waals surface area contributed by atoms with E-state index in [9.17, 15) is 14.4 Å². The molecule has 0 aromatic heterocycles. The van der Waals surface area contributed by atoms with Crippen molar-refractivity contribution in [2.75, 3.05) is 0 Å². The Labute approximate surface area is 139 Å². The first-order valence-corrected chi connectivity index (χ1v) is 8.88. The molecule has 120 valence electrons. The summed E-state index contributed by atoms with van der Waals surface area (Å²) in [6, 6.07) is 22.9. The van der Waals surface area contributed by atoms with Crippen LogP contribution >= 0.6 is 7.60 Å². The summed E-state index contributed by atoms with van der Waals surface area (Å²) in [5.74, 6) is 0. The van der Waals surface area contributed by atoms with Gasteiger partial charge in [0.2, 0.25) is 0 Å². The van der Waals surface area contributed by atoms with Crippen molar-refractivity contribution in [2.24, 2.45) is 10.2 Å². The second-order valence-electron chi connectivity index (χ2n) is 5.11. The molecule has 3 rings (SSSR count). The minimum absolute atomic E-state index is 0.0210. The van der Waals surface area contributed by atoms with Gasteiger partial charge in [-0.1, -0.05) is 54.6 Å². The molecule has 0 amide bonds. The van der Waals surface area contributed by atoms with E-state index >= 15 is 0 Å². The number of rotatable bonds is 4. The normalized spacial score (nSPS) is 11.8. The Kier molecular flexibility index (Phi) is 4.67. The van der Waals surface area contributed by atoms with Crippen LogP contribution in [-0.4, -0.2) is 9.79 Å². The van der Waals surface area contributed by atoms with Gasteiger partial charge in [0.15, 0.2) is 0 Å². The molecule has 0 spiro atoms. The van der Waals surface area contributed by atoms with E-state index in [0.29, 0.717) is 22.5 Å². The molecule has 3 aromatic rings. The summed E-state index contributed by atoms with van der Waals surface area (Å²) < 4.78 is 11.8. The fraction of sp³-hybridized carbons (Fsp3) is 0. The summed E-state index contributed by atoms with van der Waals surface area (Å²) in [7, 11) is -4.39. The molecule has 0 aliphatic heterocycles. The van der Waals surface area contributed by atoms with Crippen LogP contribution in [0.25, 0.3) is 11.1 Å². The molecule has 0 bridgehead atoms. The molecule has 0 aliphatic rings. The van der Waals surface area contributed by atoms with Gasteiger partial charge in [-0.15, -0.1) is 5.11 Å². The van der Waals surface area contributed by atoms with Gasteiger partial charge in [0.25, 0.3) is 0 Å². The lowest BCUT2D eigenvalue weighted by molar-refractivity contribution is 0.387. The lowest BCUT2D eigenvalue weighted by atomic mass is 10.0. The second-order valence-corrected chi connectivity index (χ2v) is 6.68. The van der Waals surface area contributed by atoms with E-state index in [4.69, 9.17) is 0 Å². The number of hydrogen-bond donors (Lipinski definition) is 2. The maximum atomic E-state index is 11.8. The van der Waals surface area contributed by atoms with Gasteiger partial charge in [0.1, 0.15) is 0 Å². The van der Waals surface area contributed by atoms with Crippen molar-refractivity contribution in [3.05, 3.63) is 78.9 Å². The van der Waals surface area contributed by atoms with Crippen LogP contribution in [0, 0.1) is 0 Å². The topological polar surface area (TPSA) is 82.2 Å². The summed E-state index contributed by atoms with van der Waals surface area (Å²) in [4.78, 5) is 19.2. The number of hydrogen-bond acceptors (Lipinski definition) is 3. The summed E-state index contributed by atoms with van der Waals surface area (Å²) in [5.41, 5.74) is 2.32. The fourth-order valence-corrected chi connectivity index (χ4v) is 3.14. The van der Waals surface area contributed by atoms with Gasteiger partial charge in [0.05, 0.1) is 16.7 Å². The number of azo groups is 1. The zero-order valence-electron chi connectivity index (χ0n) is 12.6. The molecular weight excluding hydrogens is 323 g/mol.